The maximum absolute atomic E-state index is 11.0. The predicted octanol–water partition coefficient (Wildman–Crippen LogP) is 5.95. The van der Waals surface area contributed by atoms with Crippen molar-refractivity contribution < 1.29 is 15.0 Å². The normalized spacial score (nSPS) is 25.3. The fourth-order valence-corrected chi connectivity index (χ4v) is 6.41. The lowest BCUT2D eigenvalue weighted by Crippen LogP contribution is -2.28. The number of aliphatic hydroxyl groups excluding tert-OH is 1. The van der Waals surface area contributed by atoms with Gasteiger partial charge in [0.05, 0.1) is 6.10 Å². The fraction of sp³-hybridized carbons (Fsp3) is 0.524. The molecule has 0 spiro atoms. The molecule has 0 radical (unpaired) electrons. The molecule has 158 valence electrons. The lowest BCUT2D eigenvalue weighted by Gasteiger charge is -2.29. The minimum absolute atomic E-state index is 0.0556. The molecule has 1 saturated carbocycles. The Morgan fingerprint density at radius 1 is 1.31 bits per heavy atom. The fourth-order valence-electron chi connectivity index (χ4n) is 4.54. The van der Waals surface area contributed by atoms with Crippen molar-refractivity contribution in [2.45, 2.75) is 50.5 Å². The number of carbonyl (C=O) groups is 1. The standard InChI is InChI=1S/C21H24Cl3NO3S/c1-11(7-12-8-18(23)25-19(24)9-12)20-14(15(22)10-16(20)26)4-2-3-13-5-6-17(29-13)21(27)28/h5-6,8-9,11,14-16,20,26H,2-4,7,10H2,1H3,(H,27,28)/t11?,14-,15+,16+,20+/m0/s1. The van der Waals surface area contributed by atoms with E-state index in [4.69, 9.17) is 39.9 Å². The third kappa shape index (κ3) is 5.86. The molecule has 5 atom stereocenters. The van der Waals surface area contributed by atoms with Gasteiger partial charge in [0.25, 0.3) is 0 Å². The van der Waals surface area contributed by atoms with E-state index in [1.807, 2.05) is 18.2 Å². The first kappa shape index (κ1) is 22.8. The van der Waals surface area contributed by atoms with E-state index in [1.54, 1.807) is 6.07 Å². The number of pyridine rings is 1. The summed E-state index contributed by atoms with van der Waals surface area (Å²) in [4.78, 5) is 16.5. The Hall–Kier alpha value is -0.850. The topological polar surface area (TPSA) is 70.4 Å². The van der Waals surface area contributed by atoms with E-state index >= 15 is 0 Å². The van der Waals surface area contributed by atoms with Crippen molar-refractivity contribution in [2.24, 2.45) is 17.8 Å². The number of thiophene rings is 1. The lowest BCUT2D eigenvalue weighted by molar-refractivity contribution is 0.0702. The molecular formula is C21H24Cl3NO3S. The molecule has 0 saturated heterocycles. The highest BCUT2D eigenvalue weighted by molar-refractivity contribution is 7.13. The van der Waals surface area contributed by atoms with Crippen LogP contribution in [0.2, 0.25) is 10.3 Å². The van der Waals surface area contributed by atoms with Gasteiger partial charge in [-0.1, -0.05) is 30.1 Å². The van der Waals surface area contributed by atoms with Crippen LogP contribution < -0.4 is 0 Å². The van der Waals surface area contributed by atoms with Crippen molar-refractivity contribution >= 4 is 52.1 Å². The molecule has 1 aliphatic rings. The average molecular weight is 477 g/mol. The Balaban J connectivity index is 1.62. The number of halogens is 3. The van der Waals surface area contributed by atoms with Crippen LogP contribution in [0.3, 0.4) is 0 Å². The van der Waals surface area contributed by atoms with Crippen LogP contribution >= 0.6 is 46.1 Å². The summed E-state index contributed by atoms with van der Waals surface area (Å²) < 4.78 is 0. The summed E-state index contributed by atoms with van der Waals surface area (Å²) >= 11 is 20.0. The van der Waals surface area contributed by atoms with Crippen LogP contribution in [0.5, 0.6) is 0 Å². The SMILES string of the molecule is CC(Cc1cc(Cl)nc(Cl)c1)[C@@H]1[C@@H](CCCc2ccc(C(=O)O)s2)[C@H](Cl)C[C@H]1O. The van der Waals surface area contributed by atoms with Gasteiger partial charge >= 0.3 is 5.97 Å². The number of aliphatic hydroxyl groups is 1. The zero-order valence-electron chi connectivity index (χ0n) is 16.0. The van der Waals surface area contributed by atoms with Crippen molar-refractivity contribution in [3.63, 3.8) is 0 Å². The average Bonchev–Trinajstić information content (AvgIpc) is 3.19. The Bertz CT molecular complexity index is 839. The summed E-state index contributed by atoms with van der Waals surface area (Å²) in [6.45, 7) is 2.14. The van der Waals surface area contributed by atoms with Gasteiger partial charge in [-0.3, -0.25) is 0 Å². The van der Waals surface area contributed by atoms with Crippen molar-refractivity contribution in [1.29, 1.82) is 0 Å². The van der Waals surface area contributed by atoms with E-state index in [0.717, 1.165) is 36.1 Å². The summed E-state index contributed by atoms with van der Waals surface area (Å²) in [7, 11) is 0. The number of carboxylic acid groups (broad SMARTS) is 1. The van der Waals surface area contributed by atoms with Crippen LogP contribution in [-0.2, 0) is 12.8 Å². The highest BCUT2D eigenvalue weighted by Crippen LogP contribution is 2.44. The summed E-state index contributed by atoms with van der Waals surface area (Å²) in [6, 6.07) is 7.17. The molecule has 0 amide bonds. The molecular weight excluding hydrogens is 453 g/mol. The molecule has 0 aromatic carbocycles. The number of hydrogen-bond donors (Lipinski definition) is 2. The number of carboxylic acids is 1. The molecule has 2 aromatic heterocycles. The molecule has 1 aliphatic carbocycles. The van der Waals surface area contributed by atoms with Gasteiger partial charge in [0.15, 0.2) is 0 Å². The van der Waals surface area contributed by atoms with Gasteiger partial charge in [0.1, 0.15) is 15.2 Å². The number of aromatic nitrogens is 1. The van der Waals surface area contributed by atoms with Crippen LogP contribution in [0.4, 0.5) is 0 Å². The van der Waals surface area contributed by atoms with E-state index in [-0.39, 0.29) is 23.1 Å². The van der Waals surface area contributed by atoms with Crippen molar-refractivity contribution in [1.82, 2.24) is 4.98 Å². The predicted molar refractivity (Wildman–Crippen MR) is 119 cm³/mol. The highest BCUT2D eigenvalue weighted by atomic mass is 35.5. The number of rotatable bonds is 8. The van der Waals surface area contributed by atoms with E-state index in [2.05, 4.69) is 11.9 Å². The van der Waals surface area contributed by atoms with Crippen LogP contribution in [0.1, 0.15) is 46.3 Å². The first-order valence-corrected chi connectivity index (χ1v) is 11.7. The van der Waals surface area contributed by atoms with E-state index in [1.165, 1.54) is 11.3 Å². The highest BCUT2D eigenvalue weighted by Gasteiger charge is 2.43. The molecule has 1 fully saturated rings. The van der Waals surface area contributed by atoms with Crippen LogP contribution in [-0.4, -0.2) is 32.6 Å². The molecule has 0 bridgehead atoms. The van der Waals surface area contributed by atoms with Gasteiger partial charge in [-0.25, -0.2) is 9.78 Å². The molecule has 3 rings (SSSR count). The zero-order valence-corrected chi connectivity index (χ0v) is 19.1. The number of alkyl halides is 1. The van der Waals surface area contributed by atoms with E-state index < -0.39 is 12.1 Å². The molecule has 2 N–H and O–H groups in total. The van der Waals surface area contributed by atoms with Gasteiger partial charge in [0, 0.05) is 10.3 Å². The van der Waals surface area contributed by atoms with Crippen molar-refractivity contribution in [3.8, 4) is 0 Å². The molecule has 1 unspecified atom stereocenters. The number of aryl methyl sites for hydroxylation is 1. The van der Waals surface area contributed by atoms with Crippen LogP contribution in [0.15, 0.2) is 24.3 Å². The Morgan fingerprint density at radius 3 is 2.62 bits per heavy atom. The molecule has 2 heterocycles. The maximum Gasteiger partial charge on any atom is 0.345 e. The van der Waals surface area contributed by atoms with Crippen molar-refractivity contribution in [2.75, 3.05) is 0 Å². The third-order valence-electron chi connectivity index (χ3n) is 5.74. The minimum atomic E-state index is -0.883. The first-order valence-electron chi connectivity index (χ1n) is 9.70. The third-order valence-corrected chi connectivity index (χ3v) is 7.76. The smallest absolute Gasteiger partial charge is 0.345 e. The summed E-state index contributed by atoms with van der Waals surface area (Å²) in [6.07, 6.45) is 3.56. The Kier molecular flexibility index (Phi) is 7.85. The number of hydrogen-bond acceptors (Lipinski definition) is 4. The minimum Gasteiger partial charge on any atom is -0.477 e. The van der Waals surface area contributed by atoms with Crippen LogP contribution in [0, 0.1) is 17.8 Å². The van der Waals surface area contributed by atoms with Gasteiger partial charge in [-0.05, 0) is 79.7 Å². The van der Waals surface area contributed by atoms with Gasteiger partial charge in [-0.15, -0.1) is 22.9 Å². The molecule has 2 aromatic rings. The van der Waals surface area contributed by atoms with E-state index in [9.17, 15) is 9.90 Å². The zero-order chi connectivity index (χ0) is 21.1. The summed E-state index contributed by atoms with van der Waals surface area (Å²) in [5, 5.41) is 20.4. The van der Waals surface area contributed by atoms with Gasteiger partial charge in [0.2, 0.25) is 0 Å². The second kappa shape index (κ2) is 9.97. The second-order valence-corrected chi connectivity index (χ2v) is 10.3. The van der Waals surface area contributed by atoms with E-state index in [0.29, 0.717) is 21.6 Å². The monoisotopic (exact) mass is 475 g/mol. The molecule has 29 heavy (non-hydrogen) atoms. The second-order valence-electron chi connectivity index (χ2n) is 7.83. The molecule has 8 heteroatoms. The largest absolute Gasteiger partial charge is 0.477 e. The quantitative estimate of drug-likeness (QED) is 0.364. The number of aromatic carboxylic acids is 1. The molecule has 4 nitrogen and oxygen atoms in total. The van der Waals surface area contributed by atoms with Crippen molar-refractivity contribution in [3.05, 3.63) is 49.9 Å². The van der Waals surface area contributed by atoms with Gasteiger partial charge in [-0.2, -0.15) is 0 Å². The summed E-state index contributed by atoms with van der Waals surface area (Å²) in [5.41, 5.74) is 1.01. The molecule has 0 aliphatic heterocycles. The lowest BCUT2D eigenvalue weighted by atomic mass is 9.78. The van der Waals surface area contributed by atoms with Gasteiger partial charge < -0.3 is 10.2 Å². The Labute approximate surface area is 189 Å². The number of nitrogens with zero attached hydrogens (tertiary/aromatic N) is 1. The first-order chi connectivity index (χ1) is 13.7. The summed E-state index contributed by atoms with van der Waals surface area (Å²) in [5.74, 6) is -0.352. The Morgan fingerprint density at radius 2 is 2.00 bits per heavy atom. The van der Waals surface area contributed by atoms with Crippen LogP contribution in [0.25, 0.3) is 0 Å². The maximum atomic E-state index is 11.0.